The molecular formula is C14H14ClN3OS. The van der Waals surface area contributed by atoms with Crippen molar-refractivity contribution < 1.29 is 0 Å². The van der Waals surface area contributed by atoms with Crippen LogP contribution in [0.5, 0.6) is 0 Å². The Morgan fingerprint density at radius 3 is 2.80 bits per heavy atom. The summed E-state index contributed by atoms with van der Waals surface area (Å²) in [4.78, 5) is 12.6. The first-order chi connectivity index (χ1) is 9.69. The summed E-state index contributed by atoms with van der Waals surface area (Å²) in [6.07, 6.45) is 3.87. The highest BCUT2D eigenvalue weighted by Crippen LogP contribution is 2.51. The summed E-state index contributed by atoms with van der Waals surface area (Å²) in [6, 6.07) is 10.3. The van der Waals surface area contributed by atoms with Gasteiger partial charge in [0.2, 0.25) is 0 Å². The third-order valence-corrected chi connectivity index (χ3v) is 5.15. The van der Waals surface area contributed by atoms with E-state index in [1.165, 1.54) is 4.90 Å². The summed E-state index contributed by atoms with van der Waals surface area (Å²) in [5.41, 5.74) is 0.229. The Morgan fingerprint density at radius 2 is 2.10 bits per heavy atom. The fourth-order valence-corrected chi connectivity index (χ4v) is 3.36. The van der Waals surface area contributed by atoms with Crippen LogP contribution in [0.3, 0.4) is 0 Å². The maximum Gasteiger partial charge on any atom is 0.285 e. The molecule has 0 atom stereocenters. The molecule has 1 heterocycles. The molecule has 20 heavy (non-hydrogen) atoms. The van der Waals surface area contributed by atoms with Gasteiger partial charge in [-0.05, 0) is 25.0 Å². The molecule has 0 bridgehead atoms. The van der Waals surface area contributed by atoms with Crippen LogP contribution < -0.4 is 10.9 Å². The van der Waals surface area contributed by atoms with Crippen LogP contribution in [0.15, 0.2) is 46.2 Å². The van der Waals surface area contributed by atoms with Crippen LogP contribution in [-0.4, -0.2) is 21.5 Å². The van der Waals surface area contributed by atoms with E-state index in [2.05, 4.69) is 27.6 Å². The minimum absolute atomic E-state index is 0.167. The number of benzene rings is 1. The molecule has 2 aromatic rings. The summed E-state index contributed by atoms with van der Waals surface area (Å²) in [5, 5.41) is 9.48. The van der Waals surface area contributed by atoms with Crippen LogP contribution in [0.2, 0.25) is 5.02 Å². The van der Waals surface area contributed by atoms with E-state index in [0.29, 0.717) is 5.69 Å². The van der Waals surface area contributed by atoms with Crippen LogP contribution >= 0.6 is 23.4 Å². The van der Waals surface area contributed by atoms with Crippen molar-refractivity contribution in [2.24, 2.45) is 0 Å². The van der Waals surface area contributed by atoms with Crippen LogP contribution in [0.25, 0.3) is 0 Å². The fraction of sp³-hybridized carbons (Fsp3) is 0.286. The number of H-pyrrole nitrogens is 1. The van der Waals surface area contributed by atoms with Gasteiger partial charge in [-0.15, -0.1) is 11.8 Å². The van der Waals surface area contributed by atoms with Crippen molar-refractivity contribution in [2.45, 2.75) is 22.5 Å². The van der Waals surface area contributed by atoms with Gasteiger partial charge in [0.1, 0.15) is 5.02 Å². The first kappa shape index (κ1) is 13.5. The van der Waals surface area contributed by atoms with Gasteiger partial charge in [0.15, 0.2) is 0 Å². The van der Waals surface area contributed by atoms with Gasteiger partial charge < -0.3 is 5.32 Å². The second-order valence-corrected chi connectivity index (χ2v) is 6.80. The number of nitrogens with one attached hydrogen (secondary N) is 2. The Hall–Kier alpha value is -1.46. The zero-order valence-electron chi connectivity index (χ0n) is 10.7. The minimum Gasteiger partial charge on any atom is -0.381 e. The number of hydrogen-bond acceptors (Lipinski definition) is 4. The van der Waals surface area contributed by atoms with E-state index in [-0.39, 0.29) is 15.3 Å². The van der Waals surface area contributed by atoms with Gasteiger partial charge in [-0.3, -0.25) is 4.79 Å². The number of rotatable bonds is 5. The fourth-order valence-electron chi connectivity index (χ4n) is 1.96. The lowest BCUT2D eigenvalue weighted by Gasteiger charge is -2.16. The Kier molecular flexibility index (Phi) is 3.72. The van der Waals surface area contributed by atoms with Crippen LogP contribution in [0, 0.1) is 0 Å². The Labute approximate surface area is 125 Å². The predicted octanol–water partition coefficient (Wildman–Crippen LogP) is 3.16. The van der Waals surface area contributed by atoms with Gasteiger partial charge in [0.25, 0.3) is 5.56 Å². The predicted molar refractivity (Wildman–Crippen MR) is 82.6 cm³/mol. The number of thioether (sulfide) groups is 1. The largest absolute Gasteiger partial charge is 0.381 e. The molecule has 1 aliphatic carbocycles. The van der Waals surface area contributed by atoms with Gasteiger partial charge >= 0.3 is 0 Å². The van der Waals surface area contributed by atoms with Crippen LogP contribution in [0.4, 0.5) is 5.69 Å². The van der Waals surface area contributed by atoms with E-state index in [4.69, 9.17) is 11.6 Å². The number of hydrogen-bond donors (Lipinski definition) is 2. The van der Waals surface area contributed by atoms with Crippen molar-refractivity contribution in [3.63, 3.8) is 0 Å². The summed E-state index contributed by atoms with van der Waals surface area (Å²) in [7, 11) is 0. The molecule has 0 aliphatic heterocycles. The lowest BCUT2D eigenvalue weighted by molar-refractivity contribution is 0.930. The molecule has 4 nitrogen and oxygen atoms in total. The SMILES string of the molecule is O=c1[nH]ncc(NCC2(Sc3ccccc3)CC2)c1Cl. The van der Waals surface area contributed by atoms with Crippen LogP contribution in [0.1, 0.15) is 12.8 Å². The molecule has 1 aliphatic rings. The molecule has 6 heteroatoms. The zero-order valence-corrected chi connectivity index (χ0v) is 12.3. The van der Waals surface area contributed by atoms with E-state index in [0.717, 1.165) is 19.4 Å². The standard InChI is InChI=1S/C14H14ClN3OS/c15-12-11(8-17-18-13(12)19)16-9-14(6-7-14)20-10-4-2-1-3-5-10/h1-5,8H,6-7,9H2,(H2,16,18,19). The molecule has 0 spiro atoms. The molecular weight excluding hydrogens is 294 g/mol. The molecule has 0 amide bonds. The van der Waals surface area contributed by atoms with Crippen molar-refractivity contribution in [2.75, 3.05) is 11.9 Å². The first-order valence-corrected chi connectivity index (χ1v) is 7.59. The third-order valence-electron chi connectivity index (χ3n) is 3.28. The quantitative estimate of drug-likeness (QED) is 0.891. The number of anilines is 1. The summed E-state index contributed by atoms with van der Waals surface area (Å²) in [5.74, 6) is 0. The highest BCUT2D eigenvalue weighted by molar-refractivity contribution is 8.01. The minimum atomic E-state index is -0.364. The average molecular weight is 308 g/mol. The van der Waals surface area contributed by atoms with Crippen molar-refractivity contribution >= 4 is 29.1 Å². The molecule has 1 aromatic heterocycles. The monoisotopic (exact) mass is 307 g/mol. The molecule has 1 saturated carbocycles. The molecule has 1 aromatic carbocycles. The summed E-state index contributed by atoms with van der Waals surface area (Å²) >= 11 is 7.82. The second kappa shape index (κ2) is 5.50. The zero-order chi connectivity index (χ0) is 14.0. The summed E-state index contributed by atoms with van der Waals surface area (Å²) < 4.78 is 0.202. The molecule has 3 rings (SSSR count). The maximum absolute atomic E-state index is 11.4. The van der Waals surface area contributed by atoms with E-state index < -0.39 is 0 Å². The Bertz CT molecular complexity index is 655. The van der Waals surface area contributed by atoms with E-state index in [1.807, 2.05) is 30.0 Å². The molecule has 0 unspecified atom stereocenters. The van der Waals surface area contributed by atoms with Gasteiger partial charge in [0, 0.05) is 16.2 Å². The first-order valence-electron chi connectivity index (χ1n) is 6.40. The molecule has 1 fully saturated rings. The van der Waals surface area contributed by atoms with Crippen LogP contribution in [-0.2, 0) is 0 Å². The normalized spacial score (nSPS) is 15.8. The third kappa shape index (κ3) is 2.99. The van der Waals surface area contributed by atoms with Crippen molar-refractivity contribution in [3.05, 3.63) is 51.9 Å². The van der Waals surface area contributed by atoms with E-state index in [9.17, 15) is 4.79 Å². The number of halogens is 1. The van der Waals surface area contributed by atoms with Crippen molar-refractivity contribution in [1.82, 2.24) is 10.2 Å². The van der Waals surface area contributed by atoms with E-state index >= 15 is 0 Å². The lowest BCUT2D eigenvalue weighted by atomic mass is 10.3. The molecule has 0 radical (unpaired) electrons. The highest BCUT2D eigenvalue weighted by Gasteiger charge is 2.43. The van der Waals surface area contributed by atoms with Gasteiger partial charge in [0.05, 0.1) is 11.9 Å². The molecule has 2 N–H and O–H groups in total. The topological polar surface area (TPSA) is 57.8 Å². The smallest absolute Gasteiger partial charge is 0.285 e. The number of aromatic amines is 1. The van der Waals surface area contributed by atoms with Gasteiger partial charge in [-0.25, -0.2) is 5.10 Å². The van der Waals surface area contributed by atoms with Gasteiger partial charge in [-0.2, -0.15) is 5.10 Å². The Balaban J connectivity index is 1.66. The lowest BCUT2D eigenvalue weighted by Crippen LogP contribution is -2.20. The maximum atomic E-state index is 11.4. The average Bonchev–Trinajstić information content (AvgIpc) is 3.22. The van der Waals surface area contributed by atoms with Crippen molar-refractivity contribution in [1.29, 1.82) is 0 Å². The second-order valence-electron chi connectivity index (χ2n) is 4.88. The number of nitrogens with zero attached hydrogens (tertiary/aromatic N) is 1. The summed E-state index contributed by atoms with van der Waals surface area (Å²) in [6.45, 7) is 0.775. The van der Waals surface area contributed by atoms with Crippen molar-refractivity contribution in [3.8, 4) is 0 Å². The number of aromatic nitrogens is 2. The highest BCUT2D eigenvalue weighted by atomic mass is 35.5. The Morgan fingerprint density at radius 1 is 1.35 bits per heavy atom. The molecule has 0 saturated heterocycles. The van der Waals surface area contributed by atoms with E-state index in [1.54, 1.807) is 6.20 Å². The van der Waals surface area contributed by atoms with Gasteiger partial charge in [-0.1, -0.05) is 29.8 Å². The molecule has 104 valence electrons.